The summed E-state index contributed by atoms with van der Waals surface area (Å²) in [5.74, 6) is 1.60. The first-order valence-corrected chi connectivity index (χ1v) is 7.10. The molecule has 0 aliphatic rings. The molecule has 2 heterocycles. The molecule has 0 aromatic carbocycles. The van der Waals surface area contributed by atoms with Gasteiger partial charge in [0, 0.05) is 12.5 Å². The van der Waals surface area contributed by atoms with Crippen LogP contribution in [0.3, 0.4) is 0 Å². The van der Waals surface area contributed by atoms with E-state index in [0.717, 1.165) is 31.6 Å². The third-order valence-electron chi connectivity index (χ3n) is 2.94. The van der Waals surface area contributed by atoms with Crippen molar-refractivity contribution in [3.05, 3.63) is 30.0 Å². The molecule has 0 saturated heterocycles. The van der Waals surface area contributed by atoms with Crippen LogP contribution in [0.1, 0.15) is 38.3 Å². The van der Waals surface area contributed by atoms with Gasteiger partial charge in [0.2, 0.25) is 5.89 Å². The highest BCUT2D eigenvalue weighted by Crippen LogP contribution is 2.11. The van der Waals surface area contributed by atoms with Crippen molar-refractivity contribution in [3.8, 4) is 0 Å². The van der Waals surface area contributed by atoms with Gasteiger partial charge < -0.3 is 19.5 Å². The molecule has 2 N–H and O–H groups in total. The van der Waals surface area contributed by atoms with E-state index < -0.39 is 0 Å². The van der Waals surface area contributed by atoms with Crippen LogP contribution in [-0.4, -0.2) is 22.8 Å². The van der Waals surface area contributed by atoms with Crippen molar-refractivity contribution >= 4 is 6.01 Å². The molecular formula is C14H22N4O2. The first-order chi connectivity index (χ1) is 9.78. The molecule has 2 aromatic rings. The summed E-state index contributed by atoms with van der Waals surface area (Å²) >= 11 is 0. The molecule has 110 valence electrons. The van der Waals surface area contributed by atoms with E-state index in [1.165, 1.54) is 0 Å². The monoisotopic (exact) mass is 278 g/mol. The van der Waals surface area contributed by atoms with Gasteiger partial charge in [0.15, 0.2) is 0 Å². The SMILES string of the molecule is CCCNCc1nnc(NC(C)CCc2ccco2)o1. The molecule has 20 heavy (non-hydrogen) atoms. The van der Waals surface area contributed by atoms with E-state index in [-0.39, 0.29) is 6.04 Å². The maximum absolute atomic E-state index is 5.52. The Balaban J connectivity index is 1.72. The van der Waals surface area contributed by atoms with Crippen molar-refractivity contribution in [2.45, 2.75) is 45.7 Å². The van der Waals surface area contributed by atoms with Crippen LogP contribution in [0.5, 0.6) is 0 Å². The molecule has 0 aliphatic heterocycles. The van der Waals surface area contributed by atoms with Gasteiger partial charge in [0.1, 0.15) is 5.76 Å². The molecule has 0 bridgehead atoms. The Hall–Kier alpha value is -1.82. The summed E-state index contributed by atoms with van der Waals surface area (Å²) in [6.07, 6.45) is 4.61. The number of hydrogen-bond donors (Lipinski definition) is 2. The molecule has 0 fully saturated rings. The third-order valence-corrected chi connectivity index (χ3v) is 2.94. The second-order valence-corrected chi connectivity index (χ2v) is 4.84. The summed E-state index contributed by atoms with van der Waals surface area (Å²) in [6, 6.07) is 4.61. The van der Waals surface area contributed by atoms with Gasteiger partial charge in [0.25, 0.3) is 0 Å². The Morgan fingerprint density at radius 3 is 3.00 bits per heavy atom. The number of rotatable bonds is 9. The van der Waals surface area contributed by atoms with Crippen molar-refractivity contribution in [2.75, 3.05) is 11.9 Å². The Labute approximate surface area is 119 Å². The quantitative estimate of drug-likeness (QED) is 0.687. The van der Waals surface area contributed by atoms with Crippen LogP contribution in [0, 0.1) is 0 Å². The highest BCUT2D eigenvalue weighted by atomic mass is 16.4. The van der Waals surface area contributed by atoms with Gasteiger partial charge in [-0.25, -0.2) is 0 Å². The van der Waals surface area contributed by atoms with E-state index >= 15 is 0 Å². The van der Waals surface area contributed by atoms with E-state index in [4.69, 9.17) is 8.83 Å². The first-order valence-electron chi connectivity index (χ1n) is 7.10. The number of anilines is 1. The van der Waals surface area contributed by atoms with Gasteiger partial charge in [-0.15, -0.1) is 5.10 Å². The minimum atomic E-state index is 0.247. The highest BCUT2D eigenvalue weighted by Gasteiger charge is 2.09. The Kier molecular flexibility index (Phi) is 5.61. The number of aryl methyl sites for hydroxylation is 1. The number of hydrogen-bond acceptors (Lipinski definition) is 6. The van der Waals surface area contributed by atoms with E-state index in [2.05, 4.69) is 34.7 Å². The standard InChI is InChI=1S/C14H22N4O2/c1-3-8-15-10-13-17-18-14(20-13)16-11(2)6-7-12-5-4-9-19-12/h4-5,9,11,15H,3,6-8,10H2,1-2H3,(H,16,18). The van der Waals surface area contributed by atoms with Crippen LogP contribution in [0.15, 0.2) is 27.2 Å². The predicted molar refractivity (Wildman–Crippen MR) is 76.4 cm³/mol. The minimum Gasteiger partial charge on any atom is -0.469 e. The molecule has 1 atom stereocenters. The van der Waals surface area contributed by atoms with Gasteiger partial charge in [-0.3, -0.25) is 0 Å². The highest BCUT2D eigenvalue weighted by molar-refractivity contribution is 5.19. The lowest BCUT2D eigenvalue weighted by atomic mass is 10.1. The molecular weight excluding hydrogens is 256 g/mol. The van der Waals surface area contributed by atoms with Crippen molar-refractivity contribution in [3.63, 3.8) is 0 Å². The fourth-order valence-corrected chi connectivity index (χ4v) is 1.85. The third kappa shape index (κ3) is 4.70. The number of nitrogens with one attached hydrogen (secondary N) is 2. The molecule has 2 rings (SSSR count). The zero-order chi connectivity index (χ0) is 14.2. The molecule has 2 aromatic heterocycles. The van der Waals surface area contributed by atoms with Gasteiger partial charge in [-0.1, -0.05) is 12.0 Å². The smallest absolute Gasteiger partial charge is 0.315 e. The minimum absolute atomic E-state index is 0.247. The molecule has 0 amide bonds. The fourth-order valence-electron chi connectivity index (χ4n) is 1.85. The maximum atomic E-state index is 5.52. The van der Waals surface area contributed by atoms with Gasteiger partial charge >= 0.3 is 6.01 Å². The lowest BCUT2D eigenvalue weighted by molar-refractivity contribution is 0.467. The average molecular weight is 278 g/mol. The van der Waals surface area contributed by atoms with Crippen LogP contribution < -0.4 is 10.6 Å². The second-order valence-electron chi connectivity index (χ2n) is 4.84. The lowest BCUT2D eigenvalue weighted by Crippen LogP contribution is -2.16. The Bertz CT molecular complexity index is 481. The summed E-state index contributed by atoms with van der Waals surface area (Å²) < 4.78 is 10.8. The van der Waals surface area contributed by atoms with Crippen molar-refractivity contribution in [1.82, 2.24) is 15.5 Å². The summed E-state index contributed by atoms with van der Waals surface area (Å²) in [5, 5.41) is 14.4. The Morgan fingerprint density at radius 1 is 1.35 bits per heavy atom. The van der Waals surface area contributed by atoms with Gasteiger partial charge in [0.05, 0.1) is 12.8 Å². The molecule has 0 spiro atoms. The van der Waals surface area contributed by atoms with Crippen molar-refractivity contribution < 1.29 is 8.83 Å². The van der Waals surface area contributed by atoms with E-state index in [1.54, 1.807) is 6.26 Å². The van der Waals surface area contributed by atoms with Crippen LogP contribution in [0.25, 0.3) is 0 Å². The van der Waals surface area contributed by atoms with E-state index in [9.17, 15) is 0 Å². The number of nitrogens with zero attached hydrogens (tertiary/aromatic N) is 2. The largest absolute Gasteiger partial charge is 0.469 e. The Morgan fingerprint density at radius 2 is 2.25 bits per heavy atom. The zero-order valence-electron chi connectivity index (χ0n) is 12.1. The van der Waals surface area contributed by atoms with E-state index in [0.29, 0.717) is 18.5 Å². The van der Waals surface area contributed by atoms with Crippen LogP contribution in [0.2, 0.25) is 0 Å². The fraction of sp³-hybridized carbons (Fsp3) is 0.571. The molecule has 1 unspecified atom stereocenters. The normalized spacial score (nSPS) is 12.5. The topological polar surface area (TPSA) is 76.1 Å². The van der Waals surface area contributed by atoms with Crippen LogP contribution in [0.4, 0.5) is 6.01 Å². The van der Waals surface area contributed by atoms with Gasteiger partial charge in [-0.2, -0.15) is 0 Å². The van der Waals surface area contributed by atoms with Gasteiger partial charge in [-0.05, 0) is 38.4 Å². The van der Waals surface area contributed by atoms with Crippen molar-refractivity contribution in [1.29, 1.82) is 0 Å². The lowest BCUT2D eigenvalue weighted by Gasteiger charge is -2.10. The zero-order valence-corrected chi connectivity index (χ0v) is 12.1. The maximum Gasteiger partial charge on any atom is 0.315 e. The summed E-state index contributed by atoms with van der Waals surface area (Å²) in [7, 11) is 0. The average Bonchev–Trinajstić information content (AvgIpc) is 3.08. The van der Waals surface area contributed by atoms with Crippen LogP contribution >= 0.6 is 0 Å². The van der Waals surface area contributed by atoms with E-state index in [1.807, 2.05) is 12.1 Å². The van der Waals surface area contributed by atoms with Crippen molar-refractivity contribution in [2.24, 2.45) is 0 Å². The first kappa shape index (κ1) is 14.6. The number of furan rings is 1. The van der Waals surface area contributed by atoms with Crippen LogP contribution in [-0.2, 0) is 13.0 Å². The second kappa shape index (κ2) is 7.69. The summed E-state index contributed by atoms with van der Waals surface area (Å²) in [5.41, 5.74) is 0. The molecule has 0 saturated carbocycles. The summed E-state index contributed by atoms with van der Waals surface area (Å²) in [6.45, 7) is 5.77. The summed E-state index contributed by atoms with van der Waals surface area (Å²) in [4.78, 5) is 0. The molecule has 6 heteroatoms. The molecule has 6 nitrogen and oxygen atoms in total. The molecule has 0 radical (unpaired) electrons. The predicted octanol–water partition coefficient (Wildman–Crippen LogP) is 2.60. The molecule has 0 aliphatic carbocycles. The number of aromatic nitrogens is 2.